The zero-order valence-corrected chi connectivity index (χ0v) is 17.5. The van der Waals surface area contributed by atoms with E-state index in [4.69, 9.17) is 4.98 Å². The van der Waals surface area contributed by atoms with Crippen LogP contribution < -0.4 is 4.90 Å². The summed E-state index contributed by atoms with van der Waals surface area (Å²) in [7, 11) is 2.20. The van der Waals surface area contributed by atoms with E-state index in [2.05, 4.69) is 33.9 Å². The minimum Gasteiger partial charge on any atom is -0.396 e. The van der Waals surface area contributed by atoms with Gasteiger partial charge in [-0.25, -0.2) is 4.98 Å². The van der Waals surface area contributed by atoms with Crippen molar-refractivity contribution in [2.24, 2.45) is 5.92 Å². The van der Waals surface area contributed by atoms with Gasteiger partial charge in [0, 0.05) is 62.9 Å². The summed E-state index contributed by atoms with van der Waals surface area (Å²) in [6, 6.07) is 10.8. The molecule has 29 heavy (non-hydrogen) atoms. The van der Waals surface area contributed by atoms with E-state index >= 15 is 0 Å². The van der Waals surface area contributed by atoms with Crippen molar-refractivity contribution in [2.45, 2.75) is 31.9 Å². The van der Waals surface area contributed by atoms with Crippen molar-refractivity contribution in [3.05, 3.63) is 35.9 Å². The third kappa shape index (κ3) is 4.56. The first-order chi connectivity index (χ1) is 14.2. The normalized spacial score (nSPS) is 24.3. The molecular formula is C23H34N4O2. The van der Waals surface area contributed by atoms with E-state index in [1.165, 1.54) is 0 Å². The Morgan fingerprint density at radius 2 is 1.86 bits per heavy atom. The van der Waals surface area contributed by atoms with Gasteiger partial charge in [-0.15, -0.1) is 0 Å². The first-order valence-electron chi connectivity index (χ1n) is 11.0. The Kier molecular flexibility index (Phi) is 6.65. The lowest BCUT2D eigenvalue weighted by Crippen LogP contribution is -2.56. The van der Waals surface area contributed by atoms with Crippen molar-refractivity contribution < 1.29 is 10.2 Å². The molecule has 0 aliphatic carbocycles. The third-order valence-electron chi connectivity index (χ3n) is 6.68. The van der Waals surface area contributed by atoms with Crippen molar-refractivity contribution >= 4 is 16.7 Å². The van der Waals surface area contributed by atoms with E-state index in [0.717, 1.165) is 80.8 Å². The van der Waals surface area contributed by atoms with Gasteiger partial charge in [-0.1, -0.05) is 18.2 Å². The summed E-state index contributed by atoms with van der Waals surface area (Å²) >= 11 is 0. The van der Waals surface area contributed by atoms with Crippen LogP contribution in [0.25, 0.3) is 10.9 Å². The van der Waals surface area contributed by atoms with Crippen LogP contribution in [0.5, 0.6) is 0 Å². The molecule has 2 aliphatic heterocycles. The average molecular weight is 399 g/mol. The molecule has 2 atom stereocenters. The van der Waals surface area contributed by atoms with Gasteiger partial charge in [0.1, 0.15) is 5.82 Å². The minimum atomic E-state index is 0.00681. The largest absolute Gasteiger partial charge is 0.396 e. The van der Waals surface area contributed by atoms with E-state index in [1.54, 1.807) is 0 Å². The van der Waals surface area contributed by atoms with Gasteiger partial charge < -0.3 is 20.0 Å². The average Bonchev–Trinajstić information content (AvgIpc) is 2.77. The zero-order chi connectivity index (χ0) is 20.2. The number of hydrogen-bond donors (Lipinski definition) is 2. The molecule has 0 spiro atoms. The van der Waals surface area contributed by atoms with Crippen LogP contribution in [0, 0.1) is 5.92 Å². The van der Waals surface area contributed by atoms with Crippen molar-refractivity contribution in [3.63, 3.8) is 0 Å². The number of pyridine rings is 1. The molecule has 6 nitrogen and oxygen atoms in total. The number of nitrogens with zero attached hydrogens (tertiary/aromatic N) is 4. The van der Waals surface area contributed by atoms with Gasteiger partial charge in [-0.3, -0.25) is 4.90 Å². The van der Waals surface area contributed by atoms with Crippen molar-refractivity contribution in [2.75, 3.05) is 57.8 Å². The molecule has 4 rings (SSSR count). The van der Waals surface area contributed by atoms with E-state index < -0.39 is 0 Å². The molecule has 1 aromatic heterocycles. The second kappa shape index (κ2) is 9.39. The molecule has 6 heteroatoms. The number of benzene rings is 1. The van der Waals surface area contributed by atoms with Crippen LogP contribution in [-0.2, 0) is 6.61 Å². The second-order valence-corrected chi connectivity index (χ2v) is 8.59. The number of piperidine rings is 1. The lowest BCUT2D eigenvalue weighted by Gasteiger charge is -2.47. The highest BCUT2D eigenvalue weighted by atomic mass is 16.3. The minimum absolute atomic E-state index is 0.00681. The fourth-order valence-corrected chi connectivity index (χ4v) is 5.02. The summed E-state index contributed by atoms with van der Waals surface area (Å²) in [5.74, 6) is 1.44. The molecule has 3 heterocycles. The predicted molar refractivity (Wildman–Crippen MR) is 117 cm³/mol. The maximum Gasteiger partial charge on any atom is 0.134 e. The monoisotopic (exact) mass is 398 g/mol. The van der Waals surface area contributed by atoms with Crippen LogP contribution in [0.3, 0.4) is 0 Å². The van der Waals surface area contributed by atoms with Crippen molar-refractivity contribution in [1.82, 2.24) is 14.8 Å². The molecule has 158 valence electrons. The fraction of sp³-hybridized carbons (Fsp3) is 0.609. The number of anilines is 1. The molecule has 2 N–H and O–H groups in total. The van der Waals surface area contributed by atoms with Crippen LogP contribution in [-0.4, -0.2) is 84.0 Å². The number of aliphatic hydroxyl groups is 2. The first-order valence-corrected chi connectivity index (χ1v) is 11.0. The molecule has 2 aromatic rings. The Morgan fingerprint density at radius 1 is 1.07 bits per heavy atom. The Morgan fingerprint density at radius 3 is 2.62 bits per heavy atom. The molecule has 2 saturated heterocycles. The smallest absolute Gasteiger partial charge is 0.134 e. The van der Waals surface area contributed by atoms with E-state index in [9.17, 15) is 10.2 Å². The maximum atomic E-state index is 9.98. The zero-order valence-electron chi connectivity index (χ0n) is 17.5. The number of para-hydroxylation sites is 1. The highest BCUT2D eigenvalue weighted by Gasteiger charge is 2.35. The Bertz CT molecular complexity index is 807. The number of fused-ring (bicyclic) bond motifs is 1. The topological polar surface area (TPSA) is 63.1 Å². The van der Waals surface area contributed by atoms with Gasteiger partial charge in [-0.05, 0) is 44.4 Å². The SMILES string of the molecule is CN1CCN([C@H]2CCN(c3nc4ccccc4cc3CO)C[C@H]2CCCO)CC1. The van der Waals surface area contributed by atoms with Gasteiger partial charge in [-0.2, -0.15) is 0 Å². The van der Waals surface area contributed by atoms with Crippen LogP contribution >= 0.6 is 0 Å². The molecule has 2 fully saturated rings. The highest BCUT2D eigenvalue weighted by Crippen LogP contribution is 2.32. The third-order valence-corrected chi connectivity index (χ3v) is 6.68. The standard InChI is InChI=1S/C23H34N4O2/c1-25-10-12-26(13-11-25)22-8-9-27(16-19(22)6-4-14-28)23-20(17-29)15-18-5-2-3-7-21(18)24-23/h2-3,5,7,15,19,22,28-29H,4,6,8-14,16-17H2,1H3/t19-,22+/m1/s1. The lowest BCUT2D eigenvalue weighted by atomic mass is 9.86. The van der Waals surface area contributed by atoms with Crippen LogP contribution in [0.15, 0.2) is 30.3 Å². The van der Waals surface area contributed by atoms with Crippen LogP contribution in [0.4, 0.5) is 5.82 Å². The Balaban J connectivity index is 1.56. The predicted octanol–water partition coefficient (Wildman–Crippen LogP) is 1.94. The molecule has 0 unspecified atom stereocenters. The van der Waals surface area contributed by atoms with Gasteiger partial charge in [0.25, 0.3) is 0 Å². The number of piperazine rings is 1. The summed E-state index contributed by atoms with van der Waals surface area (Å²) in [5, 5.41) is 20.5. The van der Waals surface area contributed by atoms with Gasteiger partial charge in [0.15, 0.2) is 0 Å². The van der Waals surface area contributed by atoms with Crippen LogP contribution in [0.1, 0.15) is 24.8 Å². The molecule has 1 aromatic carbocycles. The quantitative estimate of drug-likeness (QED) is 0.776. The maximum absolute atomic E-state index is 9.98. The number of aliphatic hydroxyl groups excluding tert-OH is 2. The Hall–Kier alpha value is -1.73. The highest BCUT2D eigenvalue weighted by molar-refractivity contribution is 5.81. The number of likely N-dealkylation sites (N-methyl/N-ethyl adjacent to an activating group) is 1. The van der Waals surface area contributed by atoms with E-state index in [0.29, 0.717) is 12.0 Å². The van der Waals surface area contributed by atoms with Crippen molar-refractivity contribution in [3.8, 4) is 0 Å². The molecular weight excluding hydrogens is 364 g/mol. The lowest BCUT2D eigenvalue weighted by molar-refractivity contribution is 0.0636. The van der Waals surface area contributed by atoms with Gasteiger partial charge >= 0.3 is 0 Å². The first kappa shape index (κ1) is 20.5. The molecule has 0 amide bonds. The molecule has 0 saturated carbocycles. The Labute approximate surface area is 173 Å². The summed E-state index contributed by atoms with van der Waals surface area (Å²) in [6.07, 6.45) is 2.99. The van der Waals surface area contributed by atoms with E-state index in [-0.39, 0.29) is 13.2 Å². The van der Waals surface area contributed by atoms with Crippen molar-refractivity contribution in [1.29, 1.82) is 0 Å². The number of hydrogen-bond acceptors (Lipinski definition) is 6. The van der Waals surface area contributed by atoms with E-state index in [1.807, 2.05) is 18.2 Å². The fourth-order valence-electron chi connectivity index (χ4n) is 5.02. The molecule has 2 aliphatic rings. The number of rotatable bonds is 6. The summed E-state index contributed by atoms with van der Waals surface area (Å²) < 4.78 is 0. The molecule has 0 radical (unpaired) electrons. The molecule has 0 bridgehead atoms. The second-order valence-electron chi connectivity index (χ2n) is 8.59. The van der Waals surface area contributed by atoms with Gasteiger partial charge in [0.2, 0.25) is 0 Å². The van der Waals surface area contributed by atoms with Crippen LogP contribution in [0.2, 0.25) is 0 Å². The summed E-state index contributed by atoms with van der Waals surface area (Å²) in [6.45, 7) is 6.69. The number of aromatic nitrogens is 1. The van der Waals surface area contributed by atoms with Gasteiger partial charge in [0.05, 0.1) is 12.1 Å². The summed E-state index contributed by atoms with van der Waals surface area (Å²) in [4.78, 5) is 12.4. The summed E-state index contributed by atoms with van der Waals surface area (Å²) in [5.41, 5.74) is 1.88.